The SMILES string of the molecule is CC(=O)c1ccc(Cn2nc(C(=O)NCCc3nnc4ccccn34)c3ccccc32)cc1. The molecule has 0 bridgehead atoms. The van der Waals surface area contributed by atoms with E-state index < -0.39 is 0 Å². The zero-order valence-electron chi connectivity index (χ0n) is 18.1. The monoisotopic (exact) mass is 438 g/mol. The van der Waals surface area contributed by atoms with E-state index in [9.17, 15) is 9.59 Å². The number of amides is 1. The summed E-state index contributed by atoms with van der Waals surface area (Å²) < 4.78 is 3.73. The van der Waals surface area contributed by atoms with Gasteiger partial charge in [-0.05, 0) is 30.7 Å². The van der Waals surface area contributed by atoms with E-state index in [2.05, 4.69) is 20.6 Å². The van der Waals surface area contributed by atoms with E-state index in [1.807, 2.05) is 82.0 Å². The van der Waals surface area contributed by atoms with Gasteiger partial charge in [0.2, 0.25) is 0 Å². The van der Waals surface area contributed by atoms with Gasteiger partial charge < -0.3 is 5.32 Å². The van der Waals surface area contributed by atoms with Crippen molar-refractivity contribution in [2.45, 2.75) is 19.9 Å². The molecule has 0 aliphatic rings. The lowest BCUT2D eigenvalue weighted by atomic mass is 10.1. The normalized spacial score (nSPS) is 11.2. The fourth-order valence-corrected chi connectivity index (χ4v) is 3.87. The molecule has 0 aliphatic carbocycles. The number of ketones is 1. The van der Waals surface area contributed by atoms with Crippen LogP contribution in [-0.4, -0.2) is 42.6 Å². The van der Waals surface area contributed by atoms with Crippen LogP contribution in [0.25, 0.3) is 16.6 Å². The van der Waals surface area contributed by atoms with Gasteiger partial charge in [-0.25, -0.2) is 0 Å². The van der Waals surface area contributed by atoms with Crippen LogP contribution in [0.2, 0.25) is 0 Å². The van der Waals surface area contributed by atoms with Gasteiger partial charge in [-0.15, -0.1) is 10.2 Å². The Morgan fingerprint density at radius 2 is 1.73 bits per heavy atom. The minimum Gasteiger partial charge on any atom is -0.350 e. The molecule has 0 unspecified atom stereocenters. The van der Waals surface area contributed by atoms with Crippen LogP contribution in [0.3, 0.4) is 0 Å². The summed E-state index contributed by atoms with van der Waals surface area (Å²) in [6.45, 7) is 2.46. The summed E-state index contributed by atoms with van der Waals surface area (Å²) in [7, 11) is 0. The standard InChI is InChI=1S/C25H22N6O2/c1-17(32)19-11-9-18(10-12-19)16-31-21-7-3-2-6-20(21)24(29-31)25(33)26-14-13-23-28-27-22-8-4-5-15-30(22)23/h2-12,15H,13-14,16H2,1H3,(H,26,33). The van der Waals surface area contributed by atoms with Crippen molar-refractivity contribution in [2.75, 3.05) is 6.54 Å². The van der Waals surface area contributed by atoms with Crippen molar-refractivity contribution in [3.05, 3.63) is 95.6 Å². The van der Waals surface area contributed by atoms with Crippen molar-refractivity contribution >= 4 is 28.2 Å². The van der Waals surface area contributed by atoms with Gasteiger partial charge in [-0.3, -0.25) is 18.7 Å². The minimum atomic E-state index is -0.231. The molecular formula is C25H22N6O2. The van der Waals surface area contributed by atoms with Crippen LogP contribution in [0.4, 0.5) is 0 Å². The average Bonchev–Trinajstić information content (AvgIpc) is 3.41. The second kappa shape index (κ2) is 8.66. The first kappa shape index (κ1) is 20.6. The smallest absolute Gasteiger partial charge is 0.272 e. The van der Waals surface area contributed by atoms with E-state index in [4.69, 9.17) is 0 Å². The molecule has 0 saturated heterocycles. The molecular weight excluding hydrogens is 416 g/mol. The van der Waals surface area contributed by atoms with Crippen molar-refractivity contribution in [1.29, 1.82) is 0 Å². The number of pyridine rings is 1. The van der Waals surface area contributed by atoms with Crippen molar-refractivity contribution < 1.29 is 9.59 Å². The molecule has 1 amide bonds. The number of benzene rings is 2. The Kier molecular flexibility index (Phi) is 5.40. The Labute approximate surface area is 189 Å². The lowest BCUT2D eigenvalue weighted by molar-refractivity contribution is 0.0948. The number of para-hydroxylation sites is 1. The highest BCUT2D eigenvalue weighted by atomic mass is 16.2. The second-order valence-corrected chi connectivity index (χ2v) is 7.83. The predicted octanol–water partition coefficient (Wildman–Crippen LogP) is 3.30. The maximum absolute atomic E-state index is 13.0. The van der Waals surface area contributed by atoms with Crippen LogP contribution in [0.5, 0.6) is 0 Å². The van der Waals surface area contributed by atoms with Crippen molar-refractivity contribution in [2.24, 2.45) is 0 Å². The van der Waals surface area contributed by atoms with Crippen LogP contribution >= 0.6 is 0 Å². The predicted molar refractivity (Wildman–Crippen MR) is 124 cm³/mol. The van der Waals surface area contributed by atoms with Crippen LogP contribution in [0, 0.1) is 0 Å². The molecule has 164 valence electrons. The highest BCUT2D eigenvalue weighted by molar-refractivity contribution is 6.04. The highest BCUT2D eigenvalue weighted by Crippen LogP contribution is 2.20. The van der Waals surface area contributed by atoms with Crippen molar-refractivity contribution in [1.82, 2.24) is 29.7 Å². The molecule has 8 nitrogen and oxygen atoms in total. The number of nitrogens with zero attached hydrogens (tertiary/aromatic N) is 5. The maximum atomic E-state index is 13.0. The summed E-state index contributed by atoms with van der Waals surface area (Å²) >= 11 is 0. The number of rotatable bonds is 7. The highest BCUT2D eigenvalue weighted by Gasteiger charge is 2.17. The summed E-state index contributed by atoms with van der Waals surface area (Å²) in [5.41, 5.74) is 3.71. The van der Waals surface area contributed by atoms with Crippen LogP contribution < -0.4 is 5.32 Å². The molecule has 5 rings (SSSR count). The Hall–Kier alpha value is -4.33. The van der Waals surface area contributed by atoms with Crippen LogP contribution in [0.1, 0.15) is 39.2 Å². The first-order valence-electron chi connectivity index (χ1n) is 10.7. The van der Waals surface area contributed by atoms with E-state index in [0.29, 0.717) is 30.8 Å². The molecule has 0 saturated carbocycles. The summed E-state index contributed by atoms with van der Waals surface area (Å²) in [6.07, 6.45) is 2.46. The van der Waals surface area contributed by atoms with Gasteiger partial charge in [0, 0.05) is 30.1 Å². The Bertz CT molecular complexity index is 1470. The van der Waals surface area contributed by atoms with Crippen LogP contribution in [-0.2, 0) is 13.0 Å². The van der Waals surface area contributed by atoms with E-state index in [1.165, 1.54) is 0 Å². The number of hydrogen-bond donors (Lipinski definition) is 1. The molecule has 1 N–H and O–H groups in total. The zero-order valence-corrected chi connectivity index (χ0v) is 18.1. The van der Waals surface area contributed by atoms with Crippen molar-refractivity contribution in [3.8, 4) is 0 Å². The second-order valence-electron chi connectivity index (χ2n) is 7.83. The Morgan fingerprint density at radius 3 is 2.55 bits per heavy atom. The number of carbonyl (C=O) groups is 2. The summed E-state index contributed by atoms with van der Waals surface area (Å²) in [4.78, 5) is 24.5. The third-order valence-corrected chi connectivity index (χ3v) is 5.58. The third-order valence-electron chi connectivity index (χ3n) is 5.58. The average molecular weight is 438 g/mol. The van der Waals surface area contributed by atoms with E-state index in [0.717, 1.165) is 27.9 Å². The van der Waals surface area contributed by atoms with Crippen LogP contribution in [0.15, 0.2) is 72.9 Å². The molecule has 3 heterocycles. The molecule has 0 fully saturated rings. The van der Waals surface area contributed by atoms with Gasteiger partial charge >= 0.3 is 0 Å². The molecule has 0 radical (unpaired) electrons. The van der Waals surface area contributed by atoms with Gasteiger partial charge in [-0.1, -0.05) is 48.5 Å². The number of aromatic nitrogens is 5. The first-order chi connectivity index (χ1) is 16.1. The molecule has 0 atom stereocenters. The largest absolute Gasteiger partial charge is 0.350 e. The van der Waals surface area contributed by atoms with E-state index in [1.54, 1.807) is 6.92 Å². The quantitative estimate of drug-likeness (QED) is 0.394. The van der Waals surface area contributed by atoms with Gasteiger partial charge in [-0.2, -0.15) is 5.10 Å². The fraction of sp³-hybridized carbons (Fsp3) is 0.160. The van der Waals surface area contributed by atoms with Crippen molar-refractivity contribution in [3.63, 3.8) is 0 Å². The minimum absolute atomic E-state index is 0.0316. The fourth-order valence-electron chi connectivity index (χ4n) is 3.87. The number of carbonyl (C=O) groups excluding carboxylic acids is 2. The van der Waals surface area contributed by atoms with E-state index in [-0.39, 0.29) is 11.7 Å². The maximum Gasteiger partial charge on any atom is 0.272 e. The molecule has 0 spiro atoms. The number of Topliss-reactive ketones (excluding diaryl/α,β-unsaturated/α-hetero) is 1. The topological polar surface area (TPSA) is 94.2 Å². The number of hydrogen-bond acceptors (Lipinski definition) is 5. The van der Waals surface area contributed by atoms with E-state index >= 15 is 0 Å². The Balaban J connectivity index is 1.33. The summed E-state index contributed by atoms with van der Waals surface area (Å²) in [5, 5.41) is 16.7. The molecule has 2 aromatic carbocycles. The molecule has 0 aliphatic heterocycles. The lowest BCUT2D eigenvalue weighted by Crippen LogP contribution is -2.27. The lowest BCUT2D eigenvalue weighted by Gasteiger charge is -2.05. The molecule has 8 heteroatoms. The van der Waals surface area contributed by atoms with Gasteiger partial charge in [0.05, 0.1) is 12.1 Å². The molecule has 33 heavy (non-hydrogen) atoms. The third kappa shape index (κ3) is 4.10. The van der Waals surface area contributed by atoms with Gasteiger partial charge in [0.25, 0.3) is 5.91 Å². The van der Waals surface area contributed by atoms with Gasteiger partial charge in [0.15, 0.2) is 17.1 Å². The number of fused-ring (bicyclic) bond motifs is 2. The zero-order chi connectivity index (χ0) is 22.8. The molecule has 5 aromatic rings. The number of nitrogens with one attached hydrogen (secondary N) is 1. The first-order valence-corrected chi connectivity index (χ1v) is 10.7. The summed E-state index contributed by atoms with van der Waals surface area (Å²) in [6, 6.07) is 20.8. The summed E-state index contributed by atoms with van der Waals surface area (Å²) in [5.74, 6) is 0.588. The van der Waals surface area contributed by atoms with Gasteiger partial charge in [0.1, 0.15) is 5.82 Å². The Morgan fingerprint density at radius 1 is 0.939 bits per heavy atom. The molecule has 3 aromatic heterocycles.